The maximum absolute atomic E-state index is 12.4. The average Bonchev–Trinajstić information content (AvgIpc) is 2.39. The van der Waals surface area contributed by atoms with E-state index in [1.165, 1.54) is 6.07 Å². The Balaban J connectivity index is 2.20. The van der Waals surface area contributed by atoms with Crippen LogP contribution in [-0.2, 0) is 11.0 Å². The number of piperidine rings is 1. The van der Waals surface area contributed by atoms with E-state index in [0.29, 0.717) is 16.4 Å². The molecule has 1 aromatic carbocycles. The maximum Gasteiger partial charge on any atom is 0.273 e. The fourth-order valence-corrected chi connectivity index (χ4v) is 3.43. The summed E-state index contributed by atoms with van der Waals surface area (Å²) in [5.41, 5.74) is 0.634. The van der Waals surface area contributed by atoms with E-state index in [2.05, 4.69) is 6.92 Å². The van der Waals surface area contributed by atoms with Crippen molar-refractivity contribution in [2.24, 2.45) is 5.92 Å². The van der Waals surface area contributed by atoms with Gasteiger partial charge in [0.1, 0.15) is 11.0 Å². The third-order valence-corrected chi connectivity index (χ3v) is 5.05. The van der Waals surface area contributed by atoms with Crippen molar-refractivity contribution < 1.29 is 9.13 Å². The molecule has 5 nitrogen and oxygen atoms in total. The molecule has 104 valence electrons. The Morgan fingerprint density at radius 1 is 1.37 bits per heavy atom. The van der Waals surface area contributed by atoms with E-state index >= 15 is 0 Å². The number of benzene rings is 1. The van der Waals surface area contributed by atoms with Crippen LogP contribution in [0.4, 0.5) is 5.69 Å². The molecule has 2 rings (SSSR count). The van der Waals surface area contributed by atoms with Crippen LogP contribution in [0.2, 0.25) is 0 Å². The van der Waals surface area contributed by atoms with Crippen molar-refractivity contribution in [2.75, 3.05) is 13.1 Å². The quantitative estimate of drug-likeness (QED) is 0.632. The van der Waals surface area contributed by atoms with Crippen LogP contribution in [0.1, 0.15) is 25.3 Å². The number of nitro benzene ring substituents is 1. The Morgan fingerprint density at radius 2 is 2.00 bits per heavy atom. The monoisotopic (exact) mass is 282 g/mol. The van der Waals surface area contributed by atoms with Gasteiger partial charge >= 0.3 is 0 Å². The molecule has 0 saturated carbocycles. The summed E-state index contributed by atoms with van der Waals surface area (Å²) in [5, 5.41) is 10.9. The number of aryl methyl sites for hydroxylation is 1. The molecule has 1 saturated heterocycles. The van der Waals surface area contributed by atoms with Crippen LogP contribution in [0, 0.1) is 23.0 Å². The van der Waals surface area contributed by atoms with Gasteiger partial charge in [0.05, 0.1) is 9.82 Å². The van der Waals surface area contributed by atoms with Crippen molar-refractivity contribution in [3.8, 4) is 0 Å². The molecule has 1 fully saturated rings. The van der Waals surface area contributed by atoms with Gasteiger partial charge in [0.15, 0.2) is 0 Å². The Bertz CT molecular complexity index is 511. The van der Waals surface area contributed by atoms with Crippen molar-refractivity contribution in [3.63, 3.8) is 0 Å². The molecular formula is C13H18N2O3S. The smallest absolute Gasteiger partial charge is 0.258 e. The molecule has 19 heavy (non-hydrogen) atoms. The third-order valence-electron chi connectivity index (χ3n) is 3.56. The Morgan fingerprint density at radius 3 is 2.58 bits per heavy atom. The zero-order chi connectivity index (χ0) is 14.0. The third kappa shape index (κ3) is 3.19. The van der Waals surface area contributed by atoms with E-state index in [1.54, 1.807) is 19.1 Å². The van der Waals surface area contributed by atoms with Crippen molar-refractivity contribution in [1.29, 1.82) is 0 Å². The van der Waals surface area contributed by atoms with Gasteiger partial charge in [-0.1, -0.05) is 13.0 Å². The Labute approximate surface area is 115 Å². The Hall–Kier alpha value is -1.27. The van der Waals surface area contributed by atoms with Gasteiger partial charge in [0.2, 0.25) is 0 Å². The summed E-state index contributed by atoms with van der Waals surface area (Å²) in [4.78, 5) is 11.0. The highest BCUT2D eigenvalue weighted by Crippen LogP contribution is 2.25. The highest BCUT2D eigenvalue weighted by molar-refractivity contribution is 7.82. The molecule has 0 spiro atoms. The standard InChI is InChI=1S/C13H18N2O3S/c1-10-5-7-14(8-6-10)19(18)12-4-3-11(2)13(9-12)15(16)17/h3-4,9-10H,5-8H2,1-2H3. The number of rotatable bonds is 3. The summed E-state index contributed by atoms with van der Waals surface area (Å²) in [7, 11) is -1.29. The predicted molar refractivity (Wildman–Crippen MR) is 74.2 cm³/mol. The van der Waals surface area contributed by atoms with Gasteiger partial charge in [-0.3, -0.25) is 10.1 Å². The number of nitrogens with zero attached hydrogens (tertiary/aromatic N) is 2. The van der Waals surface area contributed by atoms with Crippen molar-refractivity contribution in [1.82, 2.24) is 4.31 Å². The molecule has 0 aromatic heterocycles. The molecule has 1 aliphatic rings. The van der Waals surface area contributed by atoms with Gasteiger partial charge in [-0.15, -0.1) is 0 Å². The van der Waals surface area contributed by atoms with Crippen LogP contribution in [-0.4, -0.2) is 26.5 Å². The highest BCUT2D eigenvalue weighted by Gasteiger charge is 2.23. The predicted octanol–water partition coefficient (Wildman–Crippen LogP) is 2.66. The summed E-state index contributed by atoms with van der Waals surface area (Å²) in [5.74, 6) is 0.667. The van der Waals surface area contributed by atoms with Gasteiger partial charge in [-0.25, -0.2) is 8.51 Å². The van der Waals surface area contributed by atoms with Crippen LogP contribution >= 0.6 is 0 Å². The van der Waals surface area contributed by atoms with Gasteiger partial charge < -0.3 is 0 Å². The average molecular weight is 282 g/mol. The lowest BCUT2D eigenvalue weighted by atomic mass is 10.0. The molecule has 6 heteroatoms. The molecule has 1 unspecified atom stereocenters. The highest BCUT2D eigenvalue weighted by atomic mass is 32.2. The summed E-state index contributed by atoms with van der Waals surface area (Å²) in [6, 6.07) is 4.82. The lowest BCUT2D eigenvalue weighted by Crippen LogP contribution is -2.34. The number of nitro groups is 1. The van der Waals surface area contributed by atoms with Crippen LogP contribution < -0.4 is 0 Å². The maximum atomic E-state index is 12.4. The minimum Gasteiger partial charge on any atom is -0.258 e. The minimum absolute atomic E-state index is 0.0382. The first-order valence-electron chi connectivity index (χ1n) is 6.41. The second kappa shape index (κ2) is 5.79. The first-order chi connectivity index (χ1) is 8.99. The minimum atomic E-state index is -1.29. The van der Waals surface area contributed by atoms with Crippen LogP contribution in [0.25, 0.3) is 0 Å². The zero-order valence-electron chi connectivity index (χ0n) is 11.2. The SMILES string of the molecule is Cc1ccc(S(=O)N2CCC(C)CC2)cc1[N+](=O)[O-]. The molecule has 0 aliphatic carbocycles. The molecule has 0 radical (unpaired) electrons. The number of hydrogen-bond acceptors (Lipinski definition) is 3. The Kier molecular flexibility index (Phi) is 4.31. The van der Waals surface area contributed by atoms with Gasteiger partial charge in [0.25, 0.3) is 5.69 Å². The van der Waals surface area contributed by atoms with Crippen molar-refractivity contribution >= 4 is 16.7 Å². The molecule has 1 aromatic rings. The van der Waals surface area contributed by atoms with Gasteiger partial charge in [-0.2, -0.15) is 0 Å². The first kappa shape index (κ1) is 14.1. The van der Waals surface area contributed by atoms with Crippen molar-refractivity contribution in [2.45, 2.75) is 31.6 Å². The van der Waals surface area contributed by atoms with E-state index in [9.17, 15) is 14.3 Å². The molecule has 0 N–H and O–H groups in total. The normalized spacial score (nSPS) is 19.3. The largest absolute Gasteiger partial charge is 0.273 e. The van der Waals surface area contributed by atoms with Crippen LogP contribution in [0.5, 0.6) is 0 Å². The van der Waals surface area contributed by atoms with E-state index < -0.39 is 15.9 Å². The fraction of sp³-hybridized carbons (Fsp3) is 0.538. The van der Waals surface area contributed by atoms with Crippen LogP contribution in [0.3, 0.4) is 0 Å². The van der Waals surface area contributed by atoms with E-state index in [1.807, 2.05) is 4.31 Å². The summed E-state index contributed by atoms with van der Waals surface area (Å²) in [6.07, 6.45) is 2.05. The zero-order valence-corrected chi connectivity index (χ0v) is 12.0. The second-order valence-electron chi connectivity index (χ2n) is 5.07. The molecule has 1 aliphatic heterocycles. The van der Waals surface area contributed by atoms with Crippen LogP contribution in [0.15, 0.2) is 23.1 Å². The van der Waals surface area contributed by atoms with Crippen molar-refractivity contribution in [3.05, 3.63) is 33.9 Å². The molecule has 1 atom stereocenters. The van der Waals surface area contributed by atoms with Gasteiger partial charge in [0, 0.05) is 24.7 Å². The first-order valence-corrected chi connectivity index (χ1v) is 7.51. The van der Waals surface area contributed by atoms with E-state index in [-0.39, 0.29) is 5.69 Å². The second-order valence-corrected chi connectivity index (χ2v) is 6.55. The molecule has 1 heterocycles. The fourth-order valence-electron chi connectivity index (χ4n) is 2.19. The summed E-state index contributed by atoms with van der Waals surface area (Å²) >= 11 is 0. The topological polar surface area (TPSA) is 63.5 Å². The van der Waals surface area contributed by atoms with E-state index in [0.717, 1.165) is 25.9 Å². The lowest BCUT2D eigenvalue weighted by molar-refractivity contribution is -0.385. The van der Waals surface area contributed by atoms with Gasteiger partial charge in [-0.05, 0) is 31.7 Å². The number of hydrogen-bond donors (Lipinski definition) is 0. The lowest BCUT2D eigenvalue weighted by Gasteiger charge is -2.28. The summed E-state index contributed by atoms with van der Waals surface area (Å²) < 4.78 is 14.3. The molecular weight excluding hydrogens is 264 g/mol. The van der Waals surface area contributed by atoms with E-state index in [4.69, 9.17) is 0 Å². The summed E-state index contributed by atoms with van der Waals surface area (Å²) in [6.45, 7) is 5.45. The molecule has 0 amide bonds. The molecule has 0 bridgehead atoms.